The van der Waals surface area contributed by atoms with E-state index in [0.29, 0.717) is 17.8 Å². The second kappa shape index (κ2) is 7.55. The molecule has 0 radical (unpaired) electrons. The lowest BCUT2D eigenvalue weighted by molar-refractivity contribution is -0.159. The van der Waals surface area contributed by atoms with Crippen LogP contribution in [0, 0.1) is 50.2 Å². The Morgan fingerprint density at radius 2 is 1.74 bits per heavy atom. The Balaban J connectivity index is 1.63. The maximum atomic E-state index is 13.5. The minimum atomic E-state index is -0.328. The minimum Gasteiger partial charge on any atom is -0.395 e. The average molecular weight is 482 g/mol. The molecule has 0 spiro atoms. The highest BCUT2D eigenvalue weighted by Crippen LogP contribution is 2.76. The minimum absolute atomic E-state index is 0.0195. The van der Waals surface area contributed by atoms with Gasteiger partial charge in [0.15, 0.2) is 0 Å². The quantitative estimate of drug-likeness (QED) is 0.392. The van der Waals surface area contributed by atoms with Crippen LogP contribution in [-0.4, -0.2) is 31.0 Å². The van der Waals surface area contributed by atoms with E-state index in [1.807, 2.05) is 7.05 Å². The number of fused-ring (bicyclic) bond motifs is 7. The lowest BCUT2D eigenvalue weighted by Gasteiger charge is -2.69. The molecule has 5 aliphatic rings. The summed E-state index contributed by atoms with van der Waals surface area (Å²) in [6.07, 6.45) is 14.0. The molecule has 0 aromatic carbocycles. The second-order valence-electron chi connectivity index (χ2n) is 14.6. The van der Waals surface area contributed by atoms with Crippen LogP contribution in [0.2, 0.25) is 0 Å². The molecule has 8 atom stereocenters. The predicted octanol–water partition coefficient (Wildman–Crippen LogP) is 5.85. The van der Waals surface area contributed by atoms with Gasteiger partial charge in [-0.25, -0.2) is 0 Å². The molecule has 5 rings (SSSR count). The lowest BCUT2D eigenvalue weighted by atomic mass is 9.35. The van der Waals surface area contributed by atoms with Crippen molar-refractivity contribution in [1.82, 2.24) is 5.32 Å². The van der Waals surface area contributed by atoms with Gasteiger partial charge in [-0.3, -0.25) is 9.59 Å². The molecule has 0 saturated heterocycles. The fraction of sp³-hybridized carbons (Fsp3) is 0.806. The number of aliphatic hydroxyl groups is 1. The monoisotopic (exact) mass is 481 g/mol. The number of aliphatic hydroxyl groups excluding tert-OH is 1. The van der Waals surface area contributed by atoms with E-state index >= 15 is 0 Å². The molecule has 0 aromatic rings. The van der Waals surface area contributed by atoms with Crippen LogP contribution in [0.25, 0.3) is 0 Å². The second-order valence-corrected chi connectivity index (χ2v) is 14.6. The first-order valence-corrected chi connectivity index (χ1v) is 14.0. The van der Waals surface area contributed by atoms with Crippen molar-refractivity contribution in [1.29, 1.82) is 0 Å². The number of hydrogen-bond acceptors (Lipinski definition) is 3. The van der Waals surface area contributed by atoms with Gasteiger partial charge in [-0.2, -0.15) is 0 Å². The van der Waals surface area contributed by atoms with Crippen molar-refractivity contribution in [3.8, 4) is 0 Å². The number of carbonyl (C=O) groups is 2. The van der Waals surface area contributed by atoms with Gasteiger partial charge in [0.05, 0.1) is 12.0 Å². The molecular weight excluding hydrogens is 434 g/mol. The maximum Gasteiger partial charge on any atom is 0.226 e. The fourth-order valence-electron chi connectivity index (χ4n) is 10.5. The summed E-state index contributed by atoms with van der Waals surface area (Å²) in [5.74, 6) is 1.18. The molecule has 194 valence electrons. The topological polar surface area (TPSA) is 66.4 Å². The first-order chi connectivity index (χ1) is 16.3. The zero-order valence-electron chi connectivity index (χ0n) is 23.1. The van der Waals surface area contributed by atoms with Gasteiger partial charge in [-0.1, -0.05) is 59.3 Å². The van der Waals surface area contributed by atoms with E-state index in [0.717, 1.165) is 63.2 Å². The molecule has 0 heterocycles. The Labute approximate surface area is 212 Å². The Morgan fingerprint density at radius 1 is 1.06 bits per heavy atom. The van der Waals surface area contributed by atoms with Gasteiger partial charge < -0.3 is 10.4 Å². The van der Waals surface area contributed by atoms with Crippen molar-refractivity contribution in [3.63, 3.8) is 0 Å². The summed E-state index contributed by atoms with van der Waals surface area (Å²) >= 11 is 0. The molecule has 4 heteroatoms. The van der Waals surface area contributed by atoms with Crippen LogP contribution in [0.5, 0.6) is 0 Å². The smallest absolute Gasteiger partial charge is 0.226 e. The van der Waals surface area contributed by atoms with Crippen LogP contribution in [-0.2, 0) is 9.59 Å². The Bertz CT molecular complexity index is 1010. The SMILES string of the molecule is CNC(=O)[C@]12CCC(C)(C)C[C@H]1C1=CC[C@@H]3[C@@]4(C)C(C=O)=C[C@@](C)(CO)[C@@H]4CC[C@@]3(C)[C@]1(C)CC2. The first kappa shape index (κ1) is 25.2. The summed E-state index contributed by atoms with van der Waals surface area (Å²) in [6, 6.07) is 0. The Morgan fingerprint density at radius 3 is 2.37 bits per heavy atom. The van der Waals surface area contributed by atoms with E-state index in [1.54, 1.807) is 5.57 Å². The highest BCUT2D eigenvalue weighted by Gasteiger charge is 2.70. The number of amides is 1. The van der Waals surface area contributed by atoms with Gasteiger partial charge in [0, 0.05) is 17.9 Å². The zero-order chi connectivity index (χ0) is 25.7. The van der Waals surface area contributed by atoms with E-state index in [4.69, 9.17) is 0 Å². The summed E-state index contributed by atoms with van der Waals surface area (Å²) in [5.41, 5.74) is 1.93. The summed E-state index contributed by atoms with van der Waals surface area (Å²) in [7, 11) is 1.81. The van der Waals surface area contributed by atoms with Crippen LogP contribution in [0.15, 0.2) is 23.3 Å². The van der Waals surface area contributed by atoms with Crippen molar-refractivity contribution in [3.05, 3.63) is 23.3 Å². The van der Waals surface area contributed by atoms with Crippen LogP contribution in [0.1, 0.15) is 92.9 Å². The van der Waals surface area contributed by atoms with Crippen LogP contribution in [0.3, 0.4) is 0 Å². The van der Waals surface area contributed by atoms with Crippen LogP contribution < -0.4 is 5.32 Å². The van der Waals surface area contributed by atoms with E-state index in [1.165, 1.54) is 0 Å². The lowest BCUT2D eigenvalue weighted by Crippen LogP contribution is -2.63. The molecule has 0 aromatic heterocycles. The van der Waals surface area contributed by atoms with Crippen molar-refractivity contribution < 1.29 is 14.7 Å². The third-order valence-electron chi connectivity index (χ3n) is 12.8. The van der Waals surface area contributed by atoms with Gasteiger partial charge in [-0.05, 0) is 90.9 Å². The van der Waals surface area contributed by atoms with E-state index in [9.17, 15) is 14.7 Å². The van der Waals surface area contributed by atoms with E-state index in [2.05, 4.69) is 59.0 Å². The zero-order valence-corrected chi connectivity index (χ0v) is 23.1. The number of nitrogens with one attached hydrogen (secondary N) is 1. The third-order valence-corrected chi connectivity index (χ3v) is 12.8. The molecule has 35 heavy (non-hydrogen) atoms. The molecular formula is C31H47NO3. The van der Waals surface area contributed by atoms with Crippen LogP contribution in [0.4, 0.5) is 0 Å². The normalized spacial score (nSPS) is 50.0. The first-order valence-electron chi connectivity index (χ1n) is 14.0. The predicted molar refractivity (Wildman–Crippen MR) is 139 cm³/mol. The Kier molecular flexibility index (Phi) is 5.45. The van der Waals surface area contributed by atoms with Crippen molar-refractivity contribution >= 4 is 12.2 Å². The van der Waals surface area contributed by atoms with Gasteiger partial charge in [0.25, 0.3) is 0 Å². The molecule has 0 unspecified atom stereocenters. The average Bonchev–Trinajstić information content (AvgIpc) is 3.05. The molecule has 3 saturated carbocycles. The third kappa shape index (κ3) is 2.95. The van der Waals surface area contributed by atoms with E-state index in [-0.39, 0.29) is 45.0 Å². The summed E-state index contributed by atoms with van der Waals surface area (Å²) in [5, 5.41) is 13.4. The summed E-state index contributed by atoms with van der Waals surface area (Å²) in [4.78, 5) is 25.9. The fourth-order valence-corrected chi connectivity index (χ4v) is 10.5. The van der Waals surface area contributed by atoms with Gasteiger partial charge in [-0.15, -0.1) is 0 Å². The van der Waals surface area contributed by atoms with Gasteiger partial charge in [0.1, 0.15) is 6.29 Å². The number of rotatable bonds is 3. The van der Waals surface area contributed by atoms with Crippen LogP contribution >= 0.6 is 0 Å². The molecule has 2 N–H and O–H groups in total. The molecule has 5 aliphatic carbocycles. The standard InChI is InChI=1S/C31H47NO3/c1-26(2)12-14-31(25(35)32-7)15-13-28(4)21(22(31)17-26)8-9-24-29(28,5)11-10-23-27(3,19-34)16-20(18-33)30(23,24)6/h8,16,18,22-24,34H,9-15,17,19H2,1-7H3,(H,32,35)/t22-,23-,24-,27-,28+,29+,30-,31-/m0/s1. The molecule has 3 fully saturated rings. The number of hydrogen-bond donors (Lipinski definition) is 2. The van der Waals surface area contributed by atoms with Crippen molar-refractivity contribution in [2.75, 3.05) is 13.7 Å². The molecule has 1 amide bonds. The number of aldehydes is 1. The largest absolute Gasteiger partial charge is 0.395 e. The Hall–Kier alpha value is -1.42. The summed E-state index contributed by atoms with van der Waals surface area (Å²) in [6.45, 7) is 14.3. The van der Waals surface area contributed by atoms with Crippen molar-refractivity contribution in [2.45, 2.75) is 92.9 Å². The van der Waals surface area contributed by atoms with Crippen molar-refractivity contribution in [2.24, 2.45) is 50.2 Å². The number of carbonyl (C=O) groups excluding carboxylic acids is 2. The van der Waals surface area contributed by atoms with E-state index < -0.39 is 0 Å². The highest BCUT2D eigenvalue weighted by atomic mass is 16.3. The molecule has 0 aliphatic heterocycles. The molecule has 4 nitrogen and oxygen atoms in total. The summed E-state index contributed by atoms with van der Waals surface area (Å²) < 4.78 is 0. The van der Waals surface area contributed by atoms with Gasteiger partial charge >= 0.3 is 0 Å². The highest BCUT2D eigenvalue weighted by molar-refractivity contribution is 5.84. The molecule has 0 bridgehead atoms. The number of allylic oxidation sites excluding steroid dienone is 3. The van der Waals surface area contributed by atoms with Gasteiger partial charge in [0.2, 0.25) is 5.91 Å². The maximum absolute atomic E-state index is 13.5.